The fourth-order valence-corrected chi connectivity index (χ4v) is 3.96. The van der Waals surface area contributed by atoms with Gasteiger partial charge in [-0.1, -0.05) is 0 Å². The average molecular weight is 431 g/mol. The number of nitrogen functional groups attached to an aromatic ring is 1. The highest BCUT2D eigenvalue weighted by Crippen LogP contribution is 2.40. The molecule has 166 valence electrons. The number of likely N-dealkylation sites (N-methyl/N-ethyl adjacent to an activating group) is 1. The molecule has 2 saturated heterocycles. The first kappa shape index (κ1) is 21.4. The molecule has 4 N–H and O–H groups in total. The molecule has 0 aromatic carbocycles. The van der Waals surface area contributed by atoms with Crippen LogP contribution in [0.4, 0.5) is 5.82 Å². The number of hydrogen-bond acceptors (Lipinski definition) is 11. The van der Waals surface area contributed by atoms with Gasteiger partial charge in [0.2, 0.25) is 5.60 Å². The van der Waals surface area contributed by atoms with Crippen molar-refractivity contribution < 1.29 is 24.5 Å². The highest BCUT2D eigenvalue weighted by molar-refractivity contribution is 5.71. The van der Waals surface area contributed by atoms with Crippen LogP contribution in [0.1, 0.15) is 5.69 Å². The number of anilines is 1. The molecule has 2 aromatic rings. The molecule has 2 aromatic heterocycles. The number of esters is 1. The minimum Gasteiger partial charge on any atom is -0.462 e. The molecule has 2 aliphatic heterocycles. The highest BCUT2D eigenvalue weighted by Gasteiger charge is 2.57. The summed E-state index contributed by atoms with van der Waals surface area (Å²) in [6.45, 7) is 3.09. The summed E-state index contributed by atoms with van der Waals surface area (Å²) in [4.78, 5) is 20.3. The number of carbonyl (C=O) groups is 1. The van der Waals surface area contributed by atoms with Crippen LogP contribution < -0.4 is 5.73 Å². The van der Waals surface area contributed by atoms with Crippen LogP contribution >= 0.6 is 0 Å². The van der Waals surface area contributed by atoms with Crippen molar-refractivity contribution in [3.63, 3.8) is 0 Å². The van der Waals surface area contributed by atoms with Crippen LogP contribution in [0, 0.1) is 11.3 Å². The van der Waals surface area contributed by atoms with E-state index in [2.05, 4.69) is 15.0 Å². The Balaban J connectivity index is 1.46. The zero-order valence-electron chi connectivity index (χ0n) is 17.1. The summed E-state index contributed by atoms with van der Waals surface area (Å²) in [6, 6.07) is 5.07. The van der Waals surface area contributed by atoms with E-state index in [9.17, 15) is 20.3 Å². The van der Waals surface area contributed by atoms with Crippen LogP contribution in [-0.2, 0) is 19.9 Å². The monoisotopic (exact) mass is 431 g/mol. The van der Waals surface area contributed by atoms with Crippen LogP contribution in [0.2, 0.25) is 0 Å². The lowest BCUT2D eigenvalue weighted by molar-refractivity contribution is -0.152. The summed E-state index contributed by atoms with van der Waals surface area (Å²) in [5, 5.41) is 35.2. The Morgan fingerprint density at radius 2 is 2.13 bits per heavy atom. The number of aliphatic hydroxyl groups excluding tert-OH is 2. The number of nitrogens with zero attached hydrogens (tertiary/aromatic N) is 6. The smallest absolute Gasteiger partial charge is 0.320 e. The van der Waals surface area contributed by atoms with E-state index in [1.165, 1.54) is 16.9 Å². The first-order valence-electron chi connectivity index (χ1n) is 9.96. The number of aromatic nitrogens is 3. The zero-order valence-corrected chi connectivity index (χ0v) is 17.1. The number of aliphatic hydroxyl groups is 2. The van der Waals surface area contributed by atoms with E-state index in [1.54, 1.807) is 6.07 Å². The van der Waals surface area contributed by atoms with E-state index in [0.29, 0.717) is 5.52 Å². The quantitative estimate of drug-likeness (QED) is 0.446. The van der Waals surface area contributed by atoms with Crippen LogP contribution in [-0.4, -0.2) is 105 Å². The number of rotatable bonds is 5. The summed E-state index contributed by atoms with van der Waals surface area (Å²) < 4.78 is 12.4. The standard InChI is InChI=1S/C19H25N7O5/c1-24-4-6-25(7-5-24)8-15(27)30-9-13-16(28)17(29)19(10-20,31-13)14-3-2-12-18(21)22-11-23-26(12)14/h2-3,11,13,16-17,28-29H,4-9H2,1H3,(H2,21,22,23)/t13-,16-,17-,19+/m1/s1. The molecule has 4 atom stereocenters. The molecule has 0 spiro atoms. The molecule has 31 heavy (non-hydrogen) atoms. The summed E-state index contributed by atoms with van der Waals surface area (Å²) in [5.41, 5.74) is 4.54. The summed E-state index contributed by atoms with van der Waals surface area (Å²) in [7, 11) is 2.02. The molecule has 0 amide bonds. The fourth-order valence-electron chi connectivity index (χ4n) is 3.96. The van der Waals surface area contributed by atoms with Gasteiger partial charge >= 0.3 is 5.97 Å². The van der Waals surface area contributed by atoms with Crippen molar-refractivity contribution in [3.05, 3.63) is 24.2 Å². The first-order valence-corrected chi connectivity index (χ1v) is 9.96. The van der Waals surface area contributed by atoms with Crippen LogP contribution in [0.25, 0.3) is 5.52 Å². The van der Waals surface area contributed by atoms with Crippen molar-refractivity contribution in [2.24, 2.45) is 0 Å². The number of hydrogen-bond donors (Lipinski definition) is 3. The van der Waals surface area contributed by atoms with Crippen molar-refractivity contribution in [1.82, 2.24) is 24.4 Å². The second-order valence-electron chi connectivity index (χ2n) is 7.86. The lowest BCUT2D eigenvalue weighted by Gasteiger charge is -2.31. The first-order chi connectivity index (χ1) is 14.9. The van der Waals surface area contributed by atoms with Crippen molar-refractivity contribution >= 4 is 17.3 Å². The Bertz CT molecular complexity index is 999. The van der Waals surface area contributed by atoms with Gasteiger partial charge in [-0.3, -0.25) is 9.69 Å². The number of fused-ring (bicyclic) bond motifs is 1. The van der Waals surface area contributed by atoms with Crippen molar-refractivity contribution in [1.29, 1.82) is 5.26 Å². The molecule has 0 bridgehead atoms. The second-order valence-corrected chi connectivity index (χ2v) is 7.86. The van der Waals surface area contributed by atoms with E-state index in [-0.39, 0.29) is 24.7 Å². The molecule has 0 unspecified atom stereocenters. The van der Waals surface area contributed by atoms with Gasteiger partial charge in [0.25, 0.3) is 0 Å². The third kappa shape index (κ3) is 3.82. The third-order valence-electron chi connectivity index (χ3n) is 5.84. The van der Waals surface area contributed by atoms with Gasteiger partial charge in [0.15, 0.2) is 5.82 Å². The van der Waals surface area contributed by atoms with Gasteiger partial charge in [-0.15, -0.1) is 0 Å². The molecule has 2 aliphatic rings. The minimum atomic E-state index is -1.92. The van der Waals surface area contributed by atoms with Gasteiger partial charge < -0.3 is 30.3 Å². The number of nitrogens with two attached hydrogens (primary N) is 1. The molecule has 0 aliphatic carbocycles. The molecule has 0 radical (unpaired) electrons. The number of ether oxygens (including phenoxy) is 2. The fraction of sp³-hybridized carbons (Fsp3) is 0.579. The molecular formula is C19H25N7O5. The largest absolute Gasteiger partial charge is 0.462 e. The van der Waals surface area contributed by atoms with Crippen molar-refractivity contribution in [2.45, 2.75) is 23.9 Å². The second kappa shape index (κ2) is 8.37. The maximum absolute atomic E-state index is 12.2. The minimum absolute atomic E-state index is 0.127. The Hall–Kier alpha value is -2.82. The lowest BCUT2D eigenvalue weighted by atomic mass is 9.92. The Kier molecular flexibility index (Phi) is 5.78. The maximum atomic E-state index is 12.2. The van der Waals surface area contributed by atoms with Crippen molar-refractivity contribution in [3.8, 4) is 6.07 Å². The molecule has 2 fully saturated rings. The summed E-state index contributed by atoms with van der Waals surface area (Å²) >= 11 is 0. The molecule has 12 nitrogen and oxygen atoms in total. The van der Waals surface area contributed by atoms with E-state index in [1.807, 2.05) is 18.0 Å². The van der Waals surface area contributed by atoms with E-state index >= 15 is 0 Å². The Morgan fingerprint density at radius 3 is 2.84 bits per heavy atom. The SMILES string of the molecule is CN1CCN(CC(=O)OC[C@H]2O[C@@](C#N)(c3ccc4c(N)ncnn34)[C@H](O)[C@@H]2O)CC1. The van der Waals surface area contributed by atoms with Gasteiger partial charge in [0.05, 0.1) is 12.2 Å². The highest BCUT2D eigenvalue weighted by atomic mass is 16.6. The van der Waals surface area contributed by atoms with Gasteiger partial charge in [0, 0.05) is 26.2 Å². The molecule has 4 heterocycles. The number of carbonyl (C=O) groups excluding carboxylic acids is 1. The van der Waals surface area contributed by atoms with Crippen LogP contribution in [0.5, 0.6) is 0 Å². The van der Waals surface area contributed by atoms with Gasteiger partial charge in [-0.05, 0) is 19.2 Å². The average Bonchev–Trinajstić information content (AvgIpc) is 3.30. The third-order valence-corrected chi connectivity index (χ3v) is 5.84. The normalized spacial score (nSPS) is 29.8. The Morgan fingerprint density at radius 1 is 1.39 bits per heavy atom. The molecule has 4 rings (SSSR count). The summed E-state index contributed by atoms with van der Waals surface area (Å²) in [5.74, 6) is -0.269. The number of nitriles is 1. The lowest BCUT2D eigenvalue weighted by Crippen LogP contribution is -2.46. The van der Waals surface area contributed by atoms with Crippen LogP contribution in [0.15, 0.2) is 18.5 Å². The molecule has 0 saturated carbocycles. The Labute approximate surface area is 178 Å². The van der Waals surface area contributed by atoms with Gasteiger partial charge in [-0.2, -0.15) is 10.4 Å². The maximum Gasteiger partial charge on any atom is 0.320 e. The van der Waals surface area contributed by atoms with E-state index in [4.69, 9.17) is 15.2 Å². The topological polar surface area (TPSA) is 162 Å². The zero-order chi connectivity index (χ0) is 22.2. The molecule has 12 heteroatoms. The van der Waals surface area contributed by atoms with E-state index in [0.717, 1.165) is 26.2 Å². The van der Waals surface area contributed by atoms with Gasteiger partial charge in [0.1, 0.15) is 42.8 Å². The predicted molar refractivity (Wildman–Crippen MR) is 106 cm³/mol. The summed E-state index contributed by atoms with van der Waals surface area (Å²) in [6.07, 6.45) is -2.91. The van der Waals surface area contributed by atoms with Gasteiger partial charge in [-0.25, -0.2) is 9.50 Å². The van der Waals surface area contributed by atoms with Crippen molar-refractivity contribution in [2.75, 3.05) is 52.1 Å². The van der Waals surface area contributed by atoms with Crippen LogP contribution in [0.3, 0.4) is 0 Å². The molecular weight excluding hydrogens is 406 g/mol. The predicted octanol–water partition coefficient (Wildman–Crippen LogP) is -2.06. The van der Waals surface area contributed by atoms with E-state index < -0.39 is 29.9 Å². The number of piperazine rings is 1.